The highest BCUT2D eigenvalue weighted by Crippen LogP contribution is 2.21. The van der Waals surface area contributed by atoms with E-state index in [0.717, 1.165) is 39.1 Å². The van der Waals surface area contributed by atoms with Gasteiger partial charge in [0.25, 0.3) is 0 Å². The number of halogens is 1. The number of thiocarbonyl (C=S) groups is 1. The lowest BCUT2D eigenvalue weighted by molar-refractivity contribution is 0.260. The topological polar surface area (TPSA) is 56.9 Å². The van der Waals surface area contributed by atoms with Crippen molar-refractivity contribution in [3.63, 3.8) is 0 Å². The largest absolute Gasteiger partial charge is 0.375 e. The number of hydrazone groups is 1. The molecule has 1 heterocycles. The average Bonchev–Trinajstić information content (AvgIpc) is 2.68. The van der Waals surface area contributed by atoms with E-state index in [2.05, 4.69) is 56.8 Å². The normalized spacial score (nSPS) is 15.2. The van der Waals surface area contributed by atoms with E-state index in [4.69, 9.17) is 5.73 Å². The van der Waals surface area contributed by atoms with Gasteiger partial charge in [-0.15, -0.1) is 0 Å². The zero-order valence-corrected chi connectivity index (χ0v) is 16.0. The van der Waals surface area contributed by atoms with Crippen molar-refractivity contribution in [1.82, 2.24) is 10.3 Å². The number of anilines is 1. The van der Waals surface area contributed by atoms with E-state index in [0.29, 0.717) is 11.3 Å². The van der Waals surface area contributed by atoms with Crippen molar-refractivity contribution < 1.29 is 4.39 Å². The second kappa shape index (κ2) is 9.43. The minimum atomic E-state index is -0.244. The Bertz CT molecular complexity index is 788. The molecule has 0 spiro atoms. The monoisotopic (exact) mass is 385 g/mol. The van der Waals surface area contributed by atoms with Crippen LogP contribution in [-0.2, 0) is 6.42 Å². The average molecular weight is 386 g/mol. The van der Waals surface area contributed by atoms with Crippen LogP contribution in [0.1, 0.15) is 11.1 Å². The maximum atomic E-state index is 14.5. The summed E-state index contributed by atoms with van der Waals surface area (Å²) < 4.78 is 14.5. The molecule has 1 aliphatic heterocycles. The molecule has 1 fully saturated rings. The first-order chi connectivity index (χ1) is 13.1. The number of rotatable bonds is 6. The van der Waals surface area contributed by atoms with Crippen LogP contribution in [0.2, 0.25) is 0 Å². The lowest BCUT2D eigenvalue weighted by atomic mass is 10.1. The molecule has 0 radical (unpaired) electrons. The molecule has 0 saturated carbocycles. The smallest absolute Gasteiger partial charge is 0.184 e. The van der Waals surface area contributed by atoms with Crippen LogP contribution in [0.25, 0.3) is 0 Å². The Morgan fingerprint density at radius 2 is 1.89 bits per heavy atom. The summed E-state index contributed by atoms with van der Waals surface area (Å²) in [5.41, 5.74) is 10.4. The van der Waals surface area contributed by atoms with E-state index in [1.807, 2.05) is 12.1 Å². The molecule has 2 aromatic rings. The summed E-state index contributed by atoms with van der Waals surface area (Å²) >= 11 is 4.67. The van der Waals surface area contributed by atoms with Crippen molar-refractivity contribution in [2.75, 3.05) is 37.6 Å². The van der Waals surface area contributed by atoms with E-state index < -0.39 is 0 Å². The minimum Gasteiger partial charge on any atom is -0.375 e. The number of hydrogen-bond donors (Lipinski definition) is 2. The van der Waals surface area contributed by atoms with Gasteiger partial charge >= 0.3 is 0 Å². The second-order valence-corrected chi connectivity index (χ2v) is 6.95. The molecule has 142 valence electrons. The number of benzene rings is 2. The van der Waals surface area contributed by atoms with Crippen LogP contribution in [0.15, 0.2) is 53.6 Å². The Kier molecular flexibility index (Phi) is 6.73. The van der Waals surface area contributed by atoms with Gasteiger partial charge in [-0.3, -0.25) is 10.3 Å². The summed E-state index contributed by atoms with van der Waals surface area (Å²) in [6.07, 6.45) is 2.54. The predicted molar refractivity (Wildman–Crippen MR) is 113 cm³/mol. The number of nitrogens with zero attached hydrogens (tertiary/aromatic N) is 3. The first-order valence-corrected chi connectivity index (χ1v) is 9.42. The molecular formula is C20H24FN5S. The fraction of sp³-hybridized carbons (Fsp3) is 0.300. The zero-order valence-electron chi connectivity index (χ0n) is 15.1. The summed E-state index contributed by atoms with van der Waals surface area (Å²) in [5.74, 6) is -0.244. The van der Waals surface area contributed by atoms with E-state index >= 15 is 0 Å². The van der Waals surface area contributed by atoms with Crippen LogP contribution in [-0.4, -0.2) is 49.0 Å². The van der Waals surface area contributed by atoms with Crippen LogP contribution in [0.3, 0.4) is 0 Å². The molecule has 3 N–H and O–H groups in total. The SMILES string of the molecule is NC(=S)N/N=C/c1ccc(N2CCN(CCc3ccccc3)CC2)c(F)c1. The van der Waals surface area contributed by atoms with Gasteiger partial charge in [0.05, 0.1) is 11.9 Å². The summed E-state index contributed by atoms with van der Waals surface area (Å²) in [4.78, 5) is 4.53. The number of nitrogens with one attached hydrogen (secondary N) is 1. The van der Waals surface area contributed by atoms with Crippen LogP contribution >= 0.6 is 12.2 Å². The molecule has 1 aliphatic rings. The van der Waals surface area contributed by atoms with Gasteiger partial charge in [0.2, 0.25) is 0 Å². The molecule has 5 nitrogen and oxygen atoms in total. The number of hydrogen-bond acceptors (Lipinski definition) is 4. The fourth-order valence-electron chi connectivity index (χ4n) is 3.17. The summed E-state index contributed by atoms with van der Waals surface area (Å²) in [6, 6.07) is 15.6. The van der Waals surface area contributed by atoms with Gasteiger partial charge < -0.3 is 10.6 Å². The Morgan fingerprint density at radius 1 is 1.15 bits per heavy atom. The molecule has 0 aromatic heterocycles. The quantitative estimate of drug-likeness (QED) is 0.454. The minimum absolute atomic E-state index is 0.0773. The fourth-order valence-corrected chi connectivity index (χ4v) is 3.23. The van der Waals surface area contributed by atoms with Crippen molar-refractivity contribution in [3.8, 4) is 0 Å². The van der Waals surface area contributed by atoms with Crippen LogP contribution in [0.4, 0.5) is 10.1 Å². The van der Waals surface area contributed by atoms with Crippen molar-refractivity contribution in [3.05, 3.63) is 65.5 Å². The van der Waals surface area contributed by atoms with Gasteiger partial charge in [0.15, 0.2) is 5.11 Å². The van der Waals surface area contributed by atoms with Crippen molar-refractivity contribution in [2.45, 2.75) is 6.42 Å². The molecule has 3 rings (SSSR count). The van der Waals surface area contributed by atoms with Gasteiger partial charge in [-0.25, -0.2) is 4.39 Å². The third-order valence-electron chi connectivity index (χ3n) is 4.63. The predicted octanol–water partition coefficient (Wildman–Crippen LogP) is 2.36. The highest BCUT2D eigenvalue weighted by molar-refractivity contribution is 7.80. The molecule has 0 aliphatic carbocycles. The van der Waals surface area contributed by atoms with Crippen molar-refractivity contribution in [1.29, 1.82) is 0 Å². The highest BCUT2D eigenvalue weighted by Gasteiger charge is 2.19. The number of nitrogens with two attached hydrogens (primary N) is 1. The third kappa shape index (κ3) is 5.74. The van der Waals surface area contributed by atoms with Crippen LogP contribution in [0, 0.1) is 5.82 Å². The maximum Gasteiger partial charge on any atom is 0.184 e. The molecule has 1 saturated heterocycles. The van der Waals surface area contributed by atoms with E-state index in [1.165, 1.54) is 17.8 Å². The Labute approximate surface area is 164 Å². The lowest BCUT2D eigenvalue weighted by Crippen LogP contribution is -2.47. The third-order valence-corrected chi connectivity index (χ3v) is 4.72. The van der Waals surface area contributed by atoms with Gasteiger partial charge in [-0.05, 0) is 41.9 Å². The molecule has 2 aromatic carbocycles. The van der Waals surface area contributed by atoms with Crippen molar-refractivity contribution >= 4 is 29.2 Å². The lowest BCUT2D eigenvalue weighted by Gasteiger charge is -2.36. The van der Waals surface area contributed by atoms with E-state index in [9.17, 15) is 4.39 Å². The van der Waals surface area contributed by atoms with Gasteiger partial charge in [-0.2, -0.15) is 5.10 Å². The first-order valence-electron chi connectivity index (χ1n) is 9.01. The Morgan fingerprint density at radius 3 is 2.56 bits per heavy atom. The van der Waals surface area contributed by atoms with Gasteiger partial charge in [0.1, 0.15) is 5.82 Å². The standard InChI is InChI=1S/C20H24FN5S/c21-18-14-17(15-23-24-20(22)27)6-7-19(18)26-12-10-25(11-13-26)9-8-16-4-2-1-3-5-16/h1-7,14-15H,8-13H2,(H3,22,24,27)/b23-15+. The Balaban J connectivity index is 1.51. The van der Waals surface area contributed by atoms with Crippen LogP contribution < -0.4 is 16.1 Å². The molecule has 27 heavy (non-hydrogen) atoms. The number of piperazine rings is 1. The Hall–Kier alpha value is -2.51. The molecular weight excluding hydrogens is 361 g/mol. The molecule has 7 heteroatoms. The maximum absolute atomic E-state index is 14.5. The summed E-state index contributed by atoms with van der Waals surface area (Å²) in [7, 11) is 0. The van der Waals surface area contributed by atoms with Crippen LogP contribution in [0.5, 0.6) is 0 Å². The summed E-state index contributed by atoms with van der Waals surface area (Å²) in [6.45, 7) is 4.55. The summed E-state index contributed by atoms with van der Waals surface area (Å²) in [5, 5.41) is 3.93. The van der Waals surface area contributed by atoms with E-state index in [1.54, 1.807) is 6.07 Å². The molecule has 0 unspecified atom stereocenters. The zero-order chi connectivity index (χ0) is 19.1. The van der Waals surface area contributed by atoms with Gasteiger partial charge in [-0.1, -0.05) is 36.4 Å². The van der Waals surface area contributed by atoms with Crippen molar-refractivity contribution in [2.24, 2.45) is 10.8 Å². The van der Waals surface area contributed by atoms with E-state index in [-0.39, 0.29) is 10.9 Å². The van der Waals surface area contributed by atoms with Gasteiger partial charge in [0, 0.05) is 32.7 Å². The first kappa shape index (κ1) is 19.3. The highest BCUT2D eigenvalue weighted by atomic mass is 32.1. The molecule has 0 atom stereocenters. The second-order valence-electron chi connectivity index (χ2n) is 6.51. The molecule has 0 bridgehead atoms. The molecule has 0 amide bonds.